The molecule has 1 atom stereocenters. The van der Waals surface area contributed by atoms with E-state index in [9.17, 15) is 19.6 Å². The summed E-state index contributed by atoms with van der Waals surface area (Å²) < 4.78 is 13.9. The van der Waals surface area contributed by atoms with Gasteiger partial charge in [0.15, 0.2) is 5.82 Å². The fourth-order valence-corrected chi connectivity index (χ4v) is 1.80. The first-order valence-corrected chi connectivity index (χ1v) is 5.79. The minimum atomic E-state index is -1.07. The number of fused-ring (bicyclic) bond motifs is 1. The van der Waals surface area contributed by atoms with Crippen LogP contribution in [0.4, 0.5) is 15.8 Å². The van der Waals surface area contributed by atoms with Gasteiger partial charge in [-0.25, -0.2) is 4.39 Å². The van der Waals surface area contributed by atoms with Gasteiger partial charge in [0.25, 0.3) is 5.69 Å². The van der Waals surface area contributed by atoms with Crippen LogP contribution in [0.3, 0.4) is 0 Å². The van der Waals surface area contributed by atoms with Crippen molar-refractivity contribution in [3.63, 3.8) is 0 Å². The minimum Gasteiger partial charge on any atom is -0.394 e. The van der Waals surface area contributed by atoms with Gasteiger partial charge in [-0.2, -0.15) is 0 Å². The summed E-state index contributed by atoms with van der Waals surface area (Å²) in [6.45, 7) is -0.579. The zero-order valence-corrected chi connectivity index (χ0v) is 10.3. The van der Waals surface area contributed by atoms with Crippen molar-refractivity contribution in [2.45, 2.75) is 6.10 Å². The van der Waals surface area contributed by atoms with E-state index < -0.39 is 23.5 Å². The Bertz CT molecular complexity index is 650. The Kier molecular flexibility index (Phi) is 4.06. The van der Waals surface area contributed by atoms with Crippen LogP contribution in [0.25, 0.3) is 10.9 Å². The fourth-order valence-electron chi connectivity index (χ4n) is 1.80. The number of hydrogen-bond acceptors (Lipinski definition) is 6. The van der Waals surface area contributed by atoms with Gasteiger partial charge in [0, 0.05) is 12.7 Å². The molecule has 0 fully saturated rings. The number of hydrogen-bond donors (Lipinski definition) is 3. The lowest BCUT2D eigenvalue weighted by molar-refractivity contribution is -0.383. The smallest absolute Gasteiger partial charge is 0.281 e. The van der Waals surface area contributed by atoms with E-state index in [4.69, 9.17) is 5.11 Å². The van der Waals surface area contributed by atoms with E-state index in [1.54, 1.807) is 0 Å². The van der Waals surface area contributed by atoms with Crippen molar-refractivity contribution in [3.05, 3.63) is 40.3 Å². The number of nitro benzene ring substituents is 1. The predicted molar refractivity (Wildman–Crippen MR) is 69.9 cm³/mol. The summed E-state index contributed by atoms with van der Waals surface area (Å²) >= 11 is 0. The molecular formula is C12H12FN3O4. The molecule has 20 heavy (non-hydrogen) atoms. The summed E-state index contributed by atoms with van der Waals surface area (Å²) in [6.07, 6.45) is 0.322. The standard InChI is InChI=1S/C12H12FN3O4/c13-9-4-10(16(19)20)8-2-1-3-14-11(8)12(9)15-5-7(18)6-17/h1-4,7,15,17-18H,5-6H2. The number of aromatic nitrogens is 1. The van der Waals surface area contributed by atoms with Crippen molar-refractivity contribution in [1.29, 1.82) is 0 Å². The number of nitrogens with zero attached hydrogens (tertiary/aromatic N) is 2. The van der Waals surface area contributed by atoms with Crippen LogP contribution in [0.15, 0.2) is 24.4 Å². The quantitative estimate of drug-likeness (QED) is 0.558. The first kappa shape index (κ1) is 14.1. The second-order valence-corrected chi connectivity index (χ2v) is 4.13. The van der Waals surface area contributed by atoms with E-state index in [1.165, 1.54) is 18.3 Å². The van der Waals surface area contributed by atoms with Crippen LogP contribution in [0.5, 0.6) is 0 Å². The lowest BCUT2D eigenvalue weighted by atomic mass is 10.1. The van der Waals surface area contributed by atoms with E-state index in [-0.39, 0.29) is 28.8 Å². The van der Waals surface area contributed by atoms with Crippen LogP contribution >= 0.6 is 0 Å². The SMILES string of the molecule is O=[N+]([O-])c1cc(F)c(NCC(O)CO)c2ncccc12. The molecule has 7 nitrogen and oxygen atoms in total. The highest BCUT2D eigenvalue weighted by Crippen LogP contribution is 2.32. The third kappa shape index (κ3) is 2.65. The third-order valence-corrected chi connectivity index (χ3v) is 2.74. The van der Waals surface area contributed by atoms with Gasteiger partial charge in [-0.05, 0) is 12.1 Å². The highest BCUT2D eigenvalue weighted by molar-refractivity contribution is 5.97. The maximum atomic E-state index is 13.9. The first-order chi connectivity index (χ1) is 9.54. The van der Waals surface area contributed by atoms with Gasteiger partial charge in [-0.1, -0.05) is 0 Å². The van der Waals surface area contributed by atoms with Crippen molar-refractivity contribution in [2.75, 3.05) is 18.5 Å². The number of nitro groups is 1. The number of non-ortho nitro benzene ring substituents is 1. The topological polar surface area (TPSA) is 109 Å². The maximum Gasteiger partial charge on any atom is 0.281 e. The molecule has 1 heterocycles. The molecule has 0 radical (unpaired) electrons. The number of halogens is 1. The van der Waals surface area contributed by atoms with E-state index in [2.05, 4.69) is 10.3 Å². The largest absolute Gasteiger partial charge is 0.394 e. The average Bonchev–Trinajstić information content (AvgIpc) is 2.45. The van der Waals surface area contributed by atoms with E-state index >= 15 is 0 Å². The Labute approximate surface area is 112 Å². The molecule has 1 aromatic carbocycles. The summed E-state index contributed by atoms with van der Waals surface area (Å²) in [5.74, 6) is -0.840. The molecular weight excluding hydrogens is 269 g/mol. The number of rotatable bonds is 5. The third-order valence-electron chi connectivity index (χ3n) is 2.74. The molecule has 2 rings (SSSR count). The molecule has 0 saturated carbocycles. The molecule has 0 saturated heterocycles. The van der Waals surface area contributed by atoms with Crippen molar-refractivity contribution in [1.82, 2.24) is 4.98 Å². The number of anilines is 1. The Morgan fingerprint density at radius 2 is 2.30 bits per heavy atom. The Hall–Kier alpha value is -2.32. The molecule has 2 aromatic rings. The lowest BCUT2D eigenvalue weighted by Gasteiger charge is -2.13. The molecule has 0 aliphatic heterocycles. The fraction of sp³-hybridized carbons (Fsp3) is 0.250. The van der Waals surface area contributed by atoms with Crippen molar-refractivity contribution >= 4 is 22.3 Å². The molecule has 0 spiro atoms. The first-order valence-electron chi connectivity index (χ1n) is 5.79. The molecule has 8 heteroatoms. The Morgan fingerprint density at radius 1 is 1.55 bits per heavy atom. The van der Waals surface area contributed by atoms with Crippen LogP contribution in [0, 0.1) is 15.9 Å². The van der Waals surface area contributed by atoms with Crippen LogP contribution in [0.2, 0.25) is 0 Å². The average molecular weight is 281 g/mol. The molecule has 0 amide bonds. The second kappa shape index (κ2) is 5.76. The Balaban J connectivity index is 2.52. The number of nitrogens with one attached hydrogen (secondary N) is 1. The van der Waals surface area contributed by atoms with Gasteiger partial charge < -0.3 is 15.5 Å². The van der Waals surface area contributed by atoms with E-state index in [0.717, 1.165) is 6.07 Å². The molecule has 0 bridgehead atoms. The van der Waals surface area contributed by atoms with Crippen molar-refractivity contribution in [2.24, 2.45) is 0 Å². The number of aliphatic hydroxyl groups excluding tert-OH is 2. The van der Waals surface area contributed by atoms with Crippen LogP contribution < -0.4 is 5.32 Å². The van der Waals surface area contributed by atoms with Gasteiger partial charge in [0.2, 0.25) is 0 Å². The van der Waals surface area contributed by atoms with Gasteiger partial charge in [0.05, 0.1) is 34.8 Å². The summed E-state index contributed by atoms with van der Waals surface area (Å²) in [5.41, 5.74) is -0.318. The summed E-state index contributed by atoms with van der Waals surface area (Å²) in [4.78, 5) is 14.2. The number of benzene rings is 1. The van der Waals surface area contributed by atoms with Gasteiger partial charge in [-0.3, -0.25) is 15.1 Å². The van der Waals surface area contributed by atoms with E-state index in [0.29, 0.717) is 0 Å². The molecule has 106 valence electrons. The molecule has 1 unspecified atom stereocenters. The highest BCUT2D eigenvalue weighted by atomic mass is 19.1. The molecule has 0 aliphatic carbocycles. The van der Waals surface area contributed by atoms with E-state index in [1.807, 2.05) is 0 Å². The van der Waals surface area contributed by atoms with Gasteiger partial charge in [0.1, 0.15) is 5.52 Å². The summed E-state index contributed by atoms with van der Waals surface area (Å²) in [5, 5.41) is 31.7. The zero-order chi connectivity index (χ0) is 14.7. The monoisotopic (exact) mass is 281 g/mol. The van der Waals surface area contributed by atoms with Crippen molar-refractivity contribution < 1.29 is 19.5 Å². The van der Waals surface area contributed by atoms with Crippen LogP contribution in [-0.4, -0.2) is 39.4 Å². The normalized spacial score (nSPS) is 12.3. The van der Waals surface area contributed by atoms with Crippen LogP contribution in [0.1, 0.15) is 0 Å². The molecule has 1 aromatic heterocycles. The highest BCUT2D eigenvalue weighted by Gasteiger charge is 2.20. The summed E-state index contributed by atoms with van der Waals surface area (Å²) in [6, 6.07) is 3.78. The second-order valence-electron chi connectivity index (χ2n) is 4.13. The van der Waals surface area contributed by atoms with Gasteiger partial charge in [-0.15, -0.1) is 0 Å². The van der Waals surface area contributed by atoms with Crippen molar-refractivity contribution in [3.8, 4) is 0 Å². The maximum absolute atomic E-state index is 13.9. The predicted octanol–water partition coefficient (Wildman–Crippen LogP) is 1.05. The lowest BCUT2D eigenvalue weighted by Crippen LogP contribution is -2.23. The number of aliphatic hydroxyl groups is 2. The molecule has 3 N–H and O–H groups in total. The summed E-state index contributed by atoms with van der Waals surface area (Å²) in [7, 11) is 0. The minimum absolute atomic E-state index is 0.0429. The zero-order valence-electron chi connectivity index (χ0n) is 10.3. The van der Waals surface area contributed by atoms with Crippen LogP contribution in [-0.2, 0) is 0 Å². The Morgan fingerprint density at radius 3 is 2.95 bits per heavy atom. The molecule has 0 aliphatic rings. The number of pyridine rings is 1. The van der Waals surface area contributed by atoms with Gasteiger partial charge >= 0.3 is 0 Å².